The number of hydrogen-bond donors (Lipinski definition) is 1. The van der Waals surface area contributed by atoms with E-state index in [0.717, 1.165) is 31.6 Å². The summed E-state index contributed by atoms with van der Waals surface area (Å²) in [7, 11) is 0. The molecule has 13 heavy (non-hydrogen) atoms. The monoisotopic (exact) mass is 185 g/mol. The molecule has 0 saturated heterocycles. The molecule has 1 aliphatic heterocycles. The van der Waals surface area contributed by atoms with Crippen molar-refractivity contribution >= 4 is 5.90 Å². The van der Waals surface area contributed by atoms with Crippen molar-refractivity contribution < 1.29 is 9.84 Å². The first-order valence-electron chi connectivity index (χ1n) is 4.96. The van der Waals surface area contributed by atoms with Gasteiger partial charge in [-0.15, -0.1) is 0 Å². The van der Waals surface area contributed by atoms with Crippen LogP contribution in [0.15, 0.2) is 4.99 Å². The second-order valence-corrected chi connectivity index (χ2v) is 4.14. The minimum atomic E-state index is -0.0215. The molecule has 1 rings (SSSR count). The lowest BCUT2D eigenvalue weighted by atomic mass is 10.1. The largest absolute Gasteiger partial charge is 0.478 e. The number of hydrogen-bond acceptors (Lipinski definition) is 3. The zero-order valence-electron chi connectivity index (χ0n) is 8.55. The average molecular weight is 185 g/mol. The number of aliphatic imine (C=N–C) groups is 1. The summed E-state index contributed by atoms with van der Waals surface area (Å²) >= 11 is 0. The van der Waals surface area contributed by atoms with E-state index < -0.39 is 0 Å². The fourth-order valence-electron chi connectivity index (χ4n) is 1.35. The van der Waals surface area contributed by atoms with Gasteiger partial charge in [0.1, 0.15) is 6.61 Å². The van der Waals surface area contributed by atoms with Gasteiger partial charge >= 0.3 is 0 Å². The molecule has 1 N–H and O–H groups in total. The van der Waals surface area contributed by atoms with E-state index in [1.165, 1.54) is 0 Å². The summed E-state index contributed by atoms with van der Waals surface area (Å²) in [6, 6.07) is 0. The number of aliphatic hydroxyl groups is 1. The van der Waals surface area contributed by atoms with E-state index >= 15 is 0 Å². The molecular formula is C10H19NO2. The van der Waals surface area contributed by atoms with Gasteiger partial charge in [-0.1, -0.05) is 6.42 Å². The molecule has 3 nitrogen and oxygen atoms in total. The van der Waals surface area contributed by atoms with Crippen LogP contribution in [-0.4, -0.2) is 29.8 Å². The van der Waals surface area contributed by atoms with Gasteiger partial charge in [-0.2, -0.15) is 0 Å². The third-order valence-electron chi connectivity index (χ3n) is 2.07. The summed E-state index contributed by atoms with van der Waals surface area (Å²) in [5.74, 6) is 0.892. The molecule has 1 heterocycles. The molecule has 76 valence electrons. The van der Waals surface area contributed by atoms with E-state index in [4.69, 9.17) is 9.84 Å². The molecule has 1 aliphatic rings. The highest BCUT2D eigenvalue weighted by atomic mass is 16.5. The van der Waals surface area contributed by atoms with Gasteiger partial charge in [0, 0.05) is 13.0 Å². The van der Waals surface area contributed by atoms with Gasteiger partial charge in [-0.25, -0.2) is 4.99 Å². The van der Waals surface area contributed by atoms with Crippen molar-refractivity contribution in [2.24, 2.45) is 4.99 Å². The lowest BCUT2D eigenvalue weighted by Crippen LogP contribution is -2.17. The Morgan fingerprint density at radius 3 is 2.69 bits per heavy atom. The zero-order chi connectivity index (χ0) is 9.73. The fraction of sp³-hybridized carbons (Fsp3) is 0.900. The van der Waals surface area contributed by atoms with Gasteiger partial charge in [0.25, 0.3) is 0 Å². The number of rotatable bonds is 5. The van der Waals surface area contributed by atoms with Crippen LogP contribution in [0.1, 0.15) is 39.5 Å². The van der Waals surface area contributed by atoms with Crippen LogP contribution in [0.4, 0.5) is 0 Å². The van der Waals surface area contributed by atoms with E-state index in [-0.39, 0.29) is 5.54 Å². The number of aliphatic hydroxyl groups excluding tert-OH is 1. The highest BCUT2D eigenvalue weighted by Crippen LogP contribution is 2.19. The first kappa shape index (κ1) is 10.5. The Morgan fingerprint density at radius 2 is 2.15 bits per heavy atom. The van der Waals surface area contributed by atoms with E-state index in [9.17, 15) is 0 Å². The predicted molar refractivity (Wildman–Crippen MR) is 53.0 cm³/mol. The van der Waals surface area contributed by atoms with E-state index in [1.807, 2.05) is 0 Å². The quantitative estimate of drug-likeness (QED) is 0.663. The zero-order valence-corrected chi connectivity index (χ0v) is 8.55. The smallest absolute Gasteiger partial charge is 0.183 e. The van der Waals surface area contributed by atoms with Crippen molar-refractivity contribution in [2.75, 3.05) is 13.2 Å². The first-order valence-corrected chi connectivity index (χ1v) is 4.96. The predicted octanol–water partition coefficient (Wildman–Crippen LogP) is 1.75. The molecule has 0 aromatic rings. The van der Waals surface area contributed by atoms with Crippen molar-refractivity contribution in [3.63, 3.8) is 0 Å². The van der Waals surface area contributed by atoms with Crippen molar-refractivity contribution in [1.82, 2.24) is 0 Å². The van der Waals surface area contributed by atoms with Crippen LogP contribution in [-0.2, 0) is 4.74 Å². The molecule has 0 bridgehead atoms. The fourth-order valence-corrected chi connectivity index (χ4v) is 1.35. The minimum Gasteiger partial charge on any atom is -0.478 e. The van der Waals surface area contributed by atoms with Crippen molar-refractivity contribution in [3.05, 3.63) is 0 Å². The maximum Gasteiger partial charge on any atom is 0.183 e. The molecule has 0 radical (unpaired) electrons. The topological polar surface area (TPSA) is 41.8 Å². The second-order valence-electron chi connectivity index (χ2n) is 4.14. The second kappa shape index (κ2) is 4.61. The Hall–Kier alpha value is -0.570. The van der Waals surface area contributed by atoms with Gasteiger partial charge in [0.15, 0.2) is 5.90 Å². The maximum absolute atomic E-state index is 8.58. The lowest BCUT2D eigenvalue weighted by Gasteiger charge is -2.07. The summed E-state index contributed by atoms with van der Waals surface area (Å²) in [6.45, 7) is 5.16. The van der Waals surface area contributed by atoms with Crippen LogP contribution in [0.25, 0.3) is 0 Å². The summed E-state index contributed by atoms with van der Waals surface area (Å²) in [5, 5.41) is 8.58. The molecule has 0 spiro atoms. The van der Waals surface area contributed by atoms with Crippen molar-refractivity contribution in [1.29, 1.82) is 0 Å². The maximum atomic E-state index is 8.58. The van der Waals surface area contributed by atoms with Gasteiger partial charge < -0.3 is 9.84 Å². The third-order valence-corrected chi connectivity index (χ3v) is 2.07. The molecule has 3 heteroatoms. The molecule has 0 unspecified atom stereocenters. The SMILES string of the molecule is CC1(C)COC(CCCCCO)=N1. The number of unbranched alkanes of at least 4 members (excludes halogenated alkanes) is 2. The molecule has 0 amide bonds. The molecule has 0 aliphatic carbocycles. The van der Waals surface area contributed by atoms with Crippen LogP contribution < -0.4 is 0 Å². The molecule has 0 fully saturated rings. The Morgan fingerprint density at radius 1 is 1.38 bits per heavy atom. The van der Waals surface area contributed by atoms with Crippen molar-refractivity contribution in [2.45, 2.75) is 45.1 Å². The average Bonchev–Trinajstić information content (AvgIpc) is 2.40. The van der Waals surface area contributed by atoms with Gasteiger partial charge in [-0.05, 0) is 26.7 Å². The number of nitrogens with zero attached hydrogens (tertiary/aromatic N) is 1. The van der Waals surface area contributed by atoms with Crippen LogP contribution >= 0.6 is 0 Å². The Balaban J connectivity index is 2.16. The van der Waals surface area contributed by atoms with Crippen LogP contribution in [0.5, 0.6) is 0 Å². The van der Waals surface area contributed by atoms with Gasteiger partial charge in [-0.3, -0.25) is 0 Å². The molecule has 0 aromatic heterocycles. The highest BCUT2D eigenvalue weighted by Gasteiger charge is 2.25. The summed E-state index contributed by atoms with van der Waals surface area (Å²) in [5.41, 5.74) is -0.0215. The lowest BCUT2D eigenvalue weighted by molar-refractivity contribution is 0.270. The van der Waals surface area contributed by atoms with Gasteiger partial charge in [0.2, 0.25) is 0 Å². The van der Waals surface area contributed by atoms with E-state index in [1.54, 1.807) is 0 Å². The normalized spacial score (nSPS) is 19.8. The van der Waals surface area contributed by atoms with Gasteiger partial charge in [0.05, 0.1) is 5.54 Å². The Bertz CT molecular complexity index is 187. The molecular weight excluding hydrogens is 166 g/mol. The minimum absolute atomic E-state index is 0.0215. The Labute approximate surface area is 79.8 Å². The molecule has 0 saturated carbocycles. The third kappa shape index (κ3) is 3.77. The van der Waals surface area contributed by atoms with Crippen LogP contribution in [0, 0.1) is 0 Å². The van der Waals surface area contributed by atoms with Crippen LogP contribution in [0.2, 0.25) is 0 Å². The molecule has 0 aromatic carbocycles. The van der Waals surface area contributed by atoms with E-state index in [2.05, 4.69) is 18.8 Å². The summed E-state index contributed by atoms with van der Waals surface area (Å²) < 4.78 is 5.44. The summed E-state index contributed by atoms with van der Waals surface area (Å²) in [4.78, 5) is 4.45. The summed E-state index contributed by atoms with van der Waals surface area (Å²) in [6.07, 6.45) is 3.93. The van der Waals surface area contributed by atoms with Crippen molar-refractivity contribution in [3.8, 4) is 0 Å². The first-order chi connectivity index (χ1) is 6.14. The molecule has 0 atom stereocenters. The Kier molecular flexibility index (Phi) is 3.72. The number of ether oxygens (including phenoxy) is 1. The van der Waals surface area contributed by atoms with E-state index in [0.29, 0.717) is 13.2 Å². The standard InChI is InChI=1S/C10H19NO2/c1-10(2)8-13-9(11-10)6-4-3-5-7-12/h12H,3-8H2,1-2H3. The highest BCUT2D eigenvalue weighted by molar-refractivity contribution is 5.78. The van der Waals surface area contributed by atoms with Crippen LogP contribution in [0.3, 0.4) is 0 Å².